The number of halogens is 1. The number of anilines is 1. The minimum absolute atomic E-state index is 0.0541. The molecule has 0 saturated carbocycles. The van der Waals surface area contributed by atoms with E-state index in [1.54, 1.807) is 12.1 Å². The number of hydrogen-bond donors (Lipinski definition) is 2. The van der Waals surface area contributed by atoms with E-state index >= 15 is 0 Å². The van der Waals surface area contributed by atoms with Crippen molar-refractivity contribution in [2.24, 2.45) is 5.73 Å². The number of benzene rings is 1. The second-order valence-electron chi connectivity index (χ2n) is 5.99. The van der Waals surface area contributed by atoms with Crippen LogP contribution in [0.5, 0.6) is 0 Å². The van der Waals surface area contributed by atoms with E-state index in [0.717, 1.165) is 42.5 Å². The number of carbonyl (C=O) groups is 2. The van der Waals surface area contributed by atoms with Gasteiger partial charge in [-0.2, -0.15) is 0 Å². The van der Waals surface area contributed by atoms with Crippen LogP contribution in [0.4, 0.5) is 9.39 Å². The van der Waals surface area contributed by atoms with Gasteiger partial charge < -0.3 is 11.1 Å². The lowest BCUT2D eigenvalue weighted by atomic mass is 10.1. The quantitative estimate of drug-likeness (QED) is 0.833. The van der Waals surface area contributed by atoms with Crippen LogP contribution in [0.1, 0.15) is 45.6 Å². The lowest BCUT2D eigenvalue weighted by Crippen LogP contribution is -2.19. The van der Waals surface area contributed by atoms with Gasteiger partial charge in [-0.15, -0.1) is 11.3 Å². The standard InChI is InChI=1S/C18H19FN2O2S/c19-12-6-4-5-11(9-12)10-15(22)21-18-16(17(20)23)13-7-2-1-3-8-14(13)24-18/h4-6,9H,1-3,7-8,10H2,(H2,20,23)(H,21,22). The lowest BCUT2D eigenvalue weighted by molar-refractivity contribution is -0.115. The molecule has 2 aromatic rings. The minimum Gasteiger partial charge on any atom is -0.365 e. The average molecular weight is 346 g/mol. The largest absolute Gasteiger partial charge is 0.365 e. The van der Waals surface area contributed by atoms with E-state index in [1.807, 2.05) is 0 Å². The molecule has 0 atom stereocenters. The van der Waals surface area contributed by atoms with Gasteiger partial charge in [-0.3, -0.25) is 9.59 Å². The fourth-order valence-corrected chi connectivity index (χ4v) is 4.41. The van der Waals surface area contributed by atoms with Crippen molar-refractivity contribution in [3.05, 3.63) is 51.7 Å². The number of aryl methyl sites for hydroxylation is 1. The average Bonchev–Trinajstić information content (AvgIpc) is 2.69. The van der Waals surface area contributed by atoms with E-state index in [1.165, 1.54) is 23.5 Å². The van der Waals surface area contributed by atoms with E-state index in [-0.39, 0.29) is 18.1 Å². The van der Waals surface area contributed by atoms with Gasteiger partial charge in [0.1, 0.15) is 10.8 Å². The number of rotatable bonds is 4. The van der Waals surface area contributed by atoms with Crippen molar-refractivity contribution in [1.29, 1.82) is 0 Å². The molecule has 24 heavy (non-hydrogen) atoms. The summed E-state index contributed by atoms with van der Waals surface area (Å²) < 4.78 is 13.2. The highest BCUT2D eigenvalue weighted by Gasteiger charge is 2.24. The molecule has 1 aromatic heterocycles. The van der Waals surface area contributed by atoms with E-state index in [0.29, 0.717) is 16.1 Å². The number of hydrogen-bond acceptors (Lipinski definition) is 3. The Balaban J connectivity index is 1.81. The van der Waals surface area contributed by atoms with Crippen LogP contribution < -0.4 is 11.1 Å². The maximum absolute atomic E-state index is 13.2. The molecule has 0 unspecified atom stereocenters. The molecule has 1 heterocycles. The molecule has 4 nitrogen and oxygen atoms in total. The normalized spacial score (nSPS) is 13.9. The molecule has 1 aromatic carbocycles. The summed E-state index contributed by atoms with van der Waals surface area (Å²) in [5.74, 6) is -1.16. The summed E-state index contributed by atoms with van der Waals surface area (Å²) in [6.45, 7) is 0. The van der Waals surface area contributed by atoms with Gasteiger partial charge in [-0.05, 0) is 48.9 Å². The second-order valence-corrected chi connectivity index (χ2v) is 7.09. The van der Waals surface area contributed by atoms with Gasteiger partial charge >= 0.3 is 0 Å². The first-order chi connectivity index (χ1) is 11.5. The van der Waals surface area contributed by atoms with Crippen molar-refractivity contribution in [2.75, 3.05) is 5.32 Å². The van der Waals surface area contributed by atoms with Gasteiger partial charge in [-0.1, -0.05) is 18.6 Å². The SMILES string of the molecule is NC(=O)c1c(NC(=O)Cc2cccc(F)c2)sc2c1CCCCC2. The Morgan fingerprint density at radius 2 is 2.00 bits per heavy atom. The van der Waals surface area contributed by atoms with E-state index in [2.05, 4.69) is 5.32 Å². The first kappa shape index (κ1) is 16.6. The zero-order valence-electron chi connectivity index (χ0n) is 13.2. The molecule has 6 heteroatoms. The summed E-state index contributed by atoms with van der Waals surface area (Å²) in [6, 6.07) is 5.93. The van der Waals surface area contributed by atoms with Crippen molar-refractivity contribution in [3.63, 3.8) is 0 Å². The van der Waals surface area contributed by atoms with E-state index < -0.39 is 5.91 Å². The van der Waals surface area contributed by atoms with Crippen LogP contribution in [-0.4, -0.2) is 11.8 Å². The van der Waals surface area contributed by atoms with Crippen LogP contribution in [0.3, 0.4) is 0 Å². The topological polar surface area (TPSA) is 72.2 Å². The van der Waals surface area contributed by atoms with Crippen molar-refractivity contribution in [1.82, 2.24) is 0 Å². The lowest BCUT2D eigenvalue weighted by Gasteiger charge is -2.06. The number of amides is 2. The summed E-state index contributed by atoms with van der Waals surface area (Å²) in [7, 11) is 0. The molecule has 0 bridgehead atoms. The predicted octanol–water partition coefficient (Wildman–Crippen LogP) is 3.44. The van der Waals surface area contributed by atoms with Crippen LogP contribution in [0, 0.1) is 5.82 Å². The molecule has 3 rings (SSSR count). The maximum atomic E-state index is 13.2. The molecule has 1 aliphatic rings. The van der Waals surface area contributed by atoms with Crippen molar-refractivity contribution >= 4 is 28.2 Å². The van der Waals surface area contributed by atoms with Gasteiger partial charge in [-0.25, -0.2) is 4.39 Å². The molecular weight excluding hydrogens is 327 g/mol. The fourth-order valence-electron chi connectivity index (χ4n) is 3.09. The molecule has 0 aliphatic heterocycles. The number of primary amides is 1. The van der Waals surface area contributed by atoms with Crippen LogP contribution in [-0.2, 0) is 24.1 Å². The van der Waals surface area contributed by atoms with Crippen LogP contribution in [0.15, 0.2) is 24.3 Å². The van der Waals surface area contributed by atoms with Crippen molar-refractivity contribution < 1.29 is 14.0 Å². The number of thiophene rings is 1. The molecule has 3 N–H and O–H groups in total. The molecule has 0 fully saturated rings. The first-order valence-electron chi connectivity index (χ1n) is 8.03. The molecule has 1 aliphatic carbocycles. The molecule has 0 radical (unpaired) electrons. The number of fused-ring (bicyclic) bond motifs is 1. The van der Waals surface area contributed by atoms with Crippen LogP contribution >= 0.6 is 11.3 Å². The van der Waals surface area contributed by atoms with Crippen molar-refractivity contribution in [2.45, 2.75) is 38.5 Å². The Labute approximate surface area is 143 Å². The maximum Gasteiger partial charge on any atom is 0.251 e. The first-order valence-corrected chi connectivity index (χ1v) is 8.85. The summed E-state index contributed by atoms with van der Waals surface area (Å²) in [4.78, 5) is 25.3. The zero-order chi connectivity index (χ0) is 17.1. The zero-order valence-corrected chi connectivity index (χ0v) is 14.0. The van der Waals surface area contributed by atoms with Crippen LogP contribution in [0.2, 0.25) is 0 Å². The Bertz CT molecular complexity index is 785. The number of carbonyl (C=O) groups excluding carboxylic acids is 2. The van der Waals surface area contributed by atoms with Gasteiger partial charge in [0.15, 0.2) is 0 Å². The van der Waals surface area contributed by atoms with Crippen molar-refractivity contribution in [3.8, 4) is 0 Å². The van der Waals surface area contributed by atoms with Gasteiger partial charge in [0, 0.05) is 4.88 Å². The molecule has 0 saturated heterocycles. The summed E-state index contributed by atoms with van der Waals surface area (Å²) >= 11 is 1.44. The monoisotopic (exact) mass is 346 g/mol. The highest BCUT2D eigenvalue weighted by molar-refractivity contribution is 7.17. The molecular formula is C18H19FN2O2S. The Morgan fingerprint density at radius 3 is 2.75 bits per heavy atom. The Hall–Kier alpha value is -2.21. The Kier molecular flexibility index (Phi) is 4.94. The summed E-state index contributed by atoms with van der Waals surface area (Å²) in [6.07, 6.45) is 5.05. The van der Waals surface area contributed by atoms with Gasteiger partial charge in [0.25, 0.3) is 5.91 Å². The van der Waals surface area contributed by atoms with Crippen LogP contribution in [0.25, 0.3) is 0 Å². The number of nitrogens with one attached hydrogen (secondary N) is 1. The highest BCUT2D eigenvalue weighted by Crippen LogP contribution is 2.37. The predicted molar refractivity (Wildman–Crippen MR) is 92.8 cm³/mol. The highest BCUT2D eigenvalue weighted by atomic mass is 32.1. The van der Waals surface area contributed by atoms with E-state index in [4.69, 9.17) is 5.73 Å². The molecule has 0 spiro atoms. The van der Waals surface area contributed by atoms with Gasteiger partial charge in [0.05, 0.1) is 12.0 Å². The third kappa shape index (κ3) is 3.64. The third-order valence-electron chi connectivity index (χ3n) is 4.17. The third-order valence-corrected chi connectivity index (χ3v) is 5.38. The summed E-state index contributed by atoms with van der Waals surface area (Å²) in [5, 5.41) is 3.32. The summed E-state index contributed by atoms with van der Waals surface area (Å²) in [5.41, 5.74) is 7.58. The molecule has 126 valence electrons. The fraction of sp³-hybridized carbons (Fsp3) is 0.333. The second kappa shape index (κ2) is 7.13. The van der Waals surface area contributed by atoms with Gasteiger partial charge in [0.2, 0.25) is 5.91 Å². The Morgan fingerprint density at radius 1 is 1.21 bits per heavy atom. The van der Waals surface area contributed by atoms with E-state index in [9.17, 15) is 14.0 Å². The minimum atomic E-state index is -0.504. The smallest absolute Gasteiger partial charge is 0.251 e. The molecule has 2 amide bonds. The number of nitrogens with two attached hydrogens (primary N) is 1.